The third kappa shape index (κ3) is 4.20. The maximum absolute atomic E-state index is 12.3. The predicted octanol–water partition coefficient (Wildman–Crippen LogP) is 4.02. The second-order valence-electron chi connectivity index (χ2n) is 5.19. The number of rotatable bonds is 6. The van der Waals surface area contributed by atoms with Crippen LogP contribution in [0.2, 0.25) is 0 Å². The van der Waals surface area contributed by atoms with Crippen LogP contribution in [0.15, 0.2) is 79.0 Å². The molecule has 0 unspecified atom stereocenters. The summed E-state index contributed by atoms with van der Waals surface area (Å²) in [5, 5.41) is 0. The van der Waals surface area contributed by atoms with E-state index in [1.807, 2.05) is 60.7 Å². The first kappa shape index (κ1) is 15.7. The van der Waals surface area contributed by atoms with Gasteiger partial charge in [0.25, 0.3) is 0 Å². The molecule has 3 aromatic rings. The molecule has 0 spiro atoms. The van der Waals surface area contributed by atoms with Crippen LogP contribution < -0.4 is 4.74 Å². The van der Waals surface area contributed by atoms with Gasteiger partial charge in [0, 0.05) is 6.20 Å². The Labute approximate surface area is 140 Å². The van der Waals surface area contributed by atoms with E-state index in [0.29, 0.717) is 12.2 Å². The number of benzene rings is 2. The fourth-order valence-corrected chi connectivity index (χ4v) is 2.19. The fraction of sp³-hybridized carbons (Fsp3) is 0.100. The third-order valence-electron chi connectivity index (χ3n) is 3.42. The van der Waals surface area contributed by atoms with E-state index >= 15 is 0 Å². The van der Waals surface area contributed by atoms with Crippen LogP contribution in [0.5, 0.6) is 5.88 Å². The normalized spacial score (nSPS) is 10.2. The summed E-state index contributed by atoms with van der Waals surface area (Å²) in [5.41, 5.74) is 2.26. The van der Waals surface area contributed by atoms with E-state index in [2.05, 4.69) is 4.98 Å². The lowest BCUT2D eigenvalue weighted by atomic mass is 10.2. The smallest absolute Gasteiger partial charge is 0.343 e. The van der Waals surface area contributed by atoms with Gasteiger partial charge in [-0.05, 0) is 23.3 Å². The van der Waals surface area contributed by atoms with Gasteiger partial charge in [0.05, 0.1) is 0 Å². The Morgan fingerprint density at radius 1 is 0.792 bits per heavy atom. The quantitative estimate of drug-likeness (QED) is 0.644. The molecule has 4 heteroatoms. The number of hydrogen-bond acceptors (Lipinski definition) is 4. The van der Waals surface area contributed by atoms with Gasteiger partial charge >= 0.3 is 5.97 Å². The minimum Gasteiger partial charge on any atom is -0.472 e. The number of pyridine rings is 1. The van der Waals surface area contributed by atoms with Gasteiger partial charge in [0.2, 0.25) is 5.88 Å². The van der Waals surface area contributed by atoms with Gasteiger partial charge in [-0.1, -0.05) is 60.7 Å². The highest BCUT2D eigenvalue weighted by Gasteiger charge is 2.15. The lowest BCUT2D eigenvalue weighted by molar-refractivity contribution is 0.0466. The van der Waals surface area contributed by atoms with E-state index in [0.717, 1.165) is 11.1 Å². The standard InChI is InChI=1S/C20H17NO3/c22-20(24-15-17-10-5-2-6-11-17)18-12-7-13-21-19(18)23-14-16-8-3-1-4-9-16/h1-13H,14-15H2. The number of carbonyl (C=O) groups is 1. The van der Waals surface area contributed by atoms with Crippen molar-refractivity contribution in [2.45, 2.75) is 13.2 Å². The summed E-state index contributed by atoms with van der Waals surface area (Å²) in [6.45, 7) is 0.559. The van der Waals surface area contributed by atoms with Crippen molar-refractivity contribution in [3.63, 3.8) is 0 Å². The molecule has 1 aromatic heterocycles. The van der Waals surface area contributed by atoms with Gasteiger partial charge < -0.3 is 9.47 Å². The molecule has 0 aliphatic heterocycles. The summed E-state index contributed by atoms with van der Waals surface area (Å²) in [6, 6.07) is 22.6. The minimum absolute atomic E-state index is 0.215. The molecule has 1 heterocycles. The Hall–Kier alpha value is -3.14. The van der Waals surface area contributed by atoms with Crippen molar-refractivity contribution in [2.24, 2.45) is 0 Å². The van der Waals surface area contributed by atoms with Crippen LogP contribution in [-0.4, -0.2) is 11.0 Å². The minimum atomic E-state index is -0.449. The van der Waals surface area contributed by atoms with Crippen LogP contribution >= 0.6 is 0 Å². The molecule has 0 N–H and O–H groups in total. The van der Waals surface area contributed by atoms with Crippen molar-refractivity contribution >= 4 is 5.97 Å². The number of carbonyl (C=O) groups excluding carboxylic acids is 1. The molecule has 0 amide bonds. The van der Waals surface area contributed by atoms with Crippen molar-refractivity contribution in [3.05, 3.63) is 95.7 Å². The van der Waals surface area contributed by atoms with Gasteiger partial charge in [-0.25, -0.2) is 9.78 Å². The van der Waals surface area contributed by atoms with E-state index in [9.17, 15) is 4.79 Å². The third-order valence-corrected chi connectivity index (χ3v) is 3.42. The zero-order valence-corrected chi connectivity index (χ0v) is 13.1. The molecule has 2 aromatic carbocycles. The van der Waals surface area contributed by atoms with Crippen LogP contribution in [0.3, 0.4) is 0 Å². The first-order valence-corrected chi connectivity index (χ1v) is 7.66. The highest BCUT2D eigenvalue weighted by Crippen LogP contribution is 2.18. The van der Waals surface area contributed by atoms with Crippen molar-refractivity contribution in [1.29, 1.82) is 0 Å². The molecule has 0 saturated carbocycles. The fourth-order valence-electron chi connectivity index (χ4n) is 2.19. The highest BCUT2D eigenvalue weighted by atomic mass is 16.5. The van der Waals surface area contributed by atoms with Crippen LogP contribution in [0.4, 0.5) is 0 Å². The van der Waals surface area contributed by atoms with E-state index in [-0.39, 0.29) is 12.5 Å². The molecule has 3 rings (SSSR count). The summed E-state index contributed by atoms with van der Waals surface area (Å²) in [7, 11) is 0. The van der Waals surface area contributed by atoms with Crippen molar-refractivity contribution in [3.8, 4) is 5.88 Å². The predicted molar refractivity (Wildman–Crippen MR) is 90.6 cm³/mol. The lowest BCUT2D eigenvalue weighted by Gasteiger charge is -2.10. The van der Waals surface area contributed by atoms with Crippen LogP contribution in [0.1, 0.15) is 21.5 Å². The molecule has 0 fully saturated rings. The van der Waals surface area contributed by atoms with E-state index in [1.54, 1.807) is 18.3 Å². The van der Waals surface area contributed by atoms with Crippen molar-refractivity contribution < 1.29 is 14.3 Å². The maximum atomic E-state index is 12.3. The summed E-state index contributed by atoms with van der Waals surface area (Å²) < 4.78 is 11.0. The molecule has 0 saturated heterocycles. The molecule has 0 atom stereocenters. The van der Waals surface area contributed by atoms with Gasteiger partial charge in [-0.2, -0.15) is 0 Å². The molecule has 120 valence electrons. The second kappa shape index (κ2) is 7.92. The molecule has 0 radical (unpaired) electrons. The van der Waals surface area contributed by atoms with E-state index < -0.39 is 5.97 Å². The first-order chi connectivity index (χ1) is 11.8. The Balaban J connectivity index is 1.65. The largest absolute Gasteiger partial charge is 0.472 e. The SMILES string of the molecule is O=C(OCc1ccccc1)c1cccnc1OCc1ccccc1. The number of aromatic nitrogens is 1. The number of esters is 1. The Morgan fingerprint density at radius 2 is 1.42 bits per heavy atom. The Bertz CT molecular complexity index is 788. The number of nitrogens with zero attached hydrogens (tertiary/aromatic N) is 1. The van der Waals surface area contributed by atoms with Gasteiger partial charge in [0.1, 0.15) is 18.8 Å². The lowest BCUT2D eigenvalue weighted by Crippen LogP contribution is -2.09. The van der Waals surface area contributed by atoms with E-state index in [4.69, 9.17) is 9.47 Å². The van der Waals surface area contributed by atoms with Gasteiger partial charge in [0.15, 0.2) is 0 Å². The topological polar surface area (TPSA) is 48.4 Å². The molecular formula is C20H17NO3. The Morgan fingerprint density at radius 3 is 2.08 bits per heavy atom. The average molecular weight is 319 g/mol. The molecule has 24 heavy (non-hydrogen) atoms. The van der Waals surface area contributed by atoms with Crippen molar-refractivity contribution in [1.82, 2.24) is 4.98 Å². The second-order valence-corrected chi connectivity index (χ2v) is 5.19. The van der Waals surface area contributed by atoms with Crippen molar-refractivity contribution in [2.75, 3.05) is 0 Å². The van der Waals surface area contributed by atoms with Gasteiger partial charge in [-0.15, -0.1) is 0 Å². The number of hydrogen-bond donors (Lipinski definition) is 0. The summed E-state index contributed by atoms with van der Waals surface area (Å²) >= 11 is 0. The zero-order valence-electron chi connectivity index (χ0n) is 13.1. The Kier molecular flexibility index (Phi) is 5.20. The van der Waals surface area contributed by atoms with Gasteiger partial charge in [-0.3, -0.25) is 0 Å². The first-order valence-electron chi connectivity index (χ1n) is 7.66. The summed E-state index contributed by atoms with van der Waals surface area (Å²) in [6.07, 6.45) is 1.59. The van der Waals surface area contributed by atoms with Crippen LogP contribution in [0.25, 0.3) is 0 Å². The number of ether oxygens (including phenoxy) is 2. The monoisotopic (exact) mass is 319 g/mol. The molecule has 0 aliphatic carbocycles. The highest BCUT2D eigenvalue weighted by molar-refractivity contribution is 5.91. The maximum Gasteiger partial charge on any atom is 0.343 e. The molecule has 4 nitrogen and oxygen atoms in total. The molecular weight excluding hydrogens is 302 g/mol. The molecule has 0 bridgehead atoms. The van der Waals surface area contributed by atoms with Crippen LogP contribution in [-0.2, 0) is 18.0 Å². The van der Waals surface area contributed by atoms with E-state index in [1.165, 1.54) is 0 Å². The summed E-state index contributed by atoms with van der Waals surface area (Å²) in [5.74, 6) is -0.172. The zero-order chi connectivity index (χ0) is 16.6. The average Bonchev–Trinajstić information content (AvgIpc) is 2.66. The van der Waals surface area contributed by atoms with Crippen LogP contribution in [0, 0.1) is 0 Å². The molecule has 0 aliphatic rings. The summed E-state index contributed by atoms with van der Waals surface area (Å²) in [4.78, 5) is 16.5.